The number of anilines is 1. The van der Waals surface area contributed by atoms with Gasteiger partial charge in [0.15, 0.2) is 0 Å². The summed E-state index contributed by atoms with van der Waals surface area (Å²) in [5.41, 5.74) is 0.688. The maximum Gasteiger partial charge on any atom is 0.229 e. The highest BCUT2D eigenvalue weighted by molar-refractivity contribution is 7.92. The van der Waals surface area contributed by atoms with E-state index < -0.39 is 15.6 Å². The van der Waals surface area contributed by atoms with E-state index in [0.717, 1.165) is 31.5 Å². The maximum absolute atomic E-state index is 13.0. The largest absolute Gasteiger partial charge is 0.492 e. The number of aliphatic hydroxyl groups is 1. The van der Waals surface area contributed by atoms with Crippen molar-refractivity contribution in [2.45, 2.75) is 24.9 Å². The molecule has 0 spiro atoms. The van der Waals surface area contributed by atoms with Gasteiger partial charge in [-0.1, -0.05) is 12.1 Å². The number of sulfonamides is 1. The van der Waals surface area contributed by atoms with E-state index in [2.05, 4.69) is 9.62 Å². The van der Waals surface area contributed by atoms with Gasteiger partial charge in [0.25, 0.3) is 0 Å². The number of halogens is 1. The average Bonchev–Trinajstić information content (AvgIpc) is 2.66. The van der Waals surface area contributed by atoms with Crippen molar-refractivity contribution in [2.24, 2.45) is 0 Å². The molecular weight excluding hydrogens is 395 g/mol. The van der Waals surface area contributed by atoms with Gasteiger partial charge in [-0.2, -0.15) is 0 Å². The summed E-state index contributed by atoms with van der Waals surface area (Å²) in [5, 5.41) is 10.8. The topological polar surface area (TPSA) is 78.9 Å². The molecule has 2 aromatic carbocycles. The smallest absolute Gasteiger partial charge is 0.229 e. The highest BCUT2D eigenvalue weighted by atomic mass is 32.2. The maximum atomic E-state index is 13.0. The van der Waals surface area contributed by atoms with Gasteiger partial charge < -0.3 is 9.84 Å². The zero-order valence-corrected chi connectivity index (χ0v) is 17.3. The Hall–Kier alpha value is -2.16. The van der Waals surface area contributed by atoms with Crippen LogP contribution in [0.4, 0.5) is 10.1 Å². The first-order valence-electron chi connectivity index (χ1n) is 9.61. The molecule has 1 aliphatic heterocycles. The number of likely N-dealkylation sites (tertiary alicyclic amines) is 1. The lowest BCUT2D eigenvalue weighted by Crippen LogP contribution is -2.46. The van der Waals surface area contributed by atoms with Gasteiger partial charge in [-0.25, -0.2) is 12.8 Å². The van der Waals surface area contributed by atoms with Gasteiger partial charge in [-0.05, 0) is 54.8 Å². The zero-order valence-electron chi connectivity index (χ0n) is 16.5. The molecule has 0 aliphatic carbocycles. The fraction of sp³-hybridized carbons (Fsp3) is 0.429. The summed E-state index contributed by atoms with van der Waals surface area (Å²) in [7, 11) is -3.29. The van der Waals surface area contributed by atoms with Crippen molar-refractivity contribution >= 4 is 15.7 Å². The summed E-state index contributed by atoms with van der Waals surface area (Å²) in [6.45, 7) is 2.81. The molecule has 1 aliphatic rings. The number of nitrogens with zero attached hydrogens (tertiary/aromatic N) is 1. The molecule has 0 amide bonds. The molecular formula is C21H27FN2O4S. The van der Waals surface area contributed by atoms with Crippen molar-refractivity contribution in [1.82, 2.24) is 4.90 Å². The van der Waals surface area contributed by atoms with Crippen LogP contribution in [0.5, 0.6) is 5.75 Å². The first-order chi connectivity index (χ1) is 13.7. The fourth-order valence-electron chi connectivity index (χ4n) is 3.48. The van der Waals surface area contributed by atoms with Crippen LogP contribution in [0, 0.1) is 5.82 Å². The molecule has 158 valence electrons. The standard InChI is InChI=1S/C21H27FN2O4S/c1-29(26,27)23-19-6-8-20(9-7-19)28-15-14-24-12-10-21(25,11-13-24)16-17-2-4-18(22)5-3-17/h2-9,23,25H,10-16H2,1H3. The Balaban J connectivity index is 1.40. The van der Waals surface area contributed by atoms with Crippen LogP contribution in [0.3, 0.4) is 0 Å². The average molecular weight is 423 g/mol. The van der Waals surface area contributed by atoms with Crippen molar-refractivity contribution in [3.63, 3.8) is 0 Å². The van der Waals surface area contributed by atoms with Crippen molar-refractivity contribution in [3.05, 3.63) is 59.9 Å². The van der Waals surface area contributed by atoms with Crippen LogP contribution in [0.1, 0.15) is 18.4 Å². The molecule has 2 N–H and O–H groups in total. The van der Waals surface area contributed by atoms with Crippen LogP contribution in [-0.4, -0.2) is 56.5 Å². The molecule has 0 radical (unpaired) electrons. The van der Waals surface area contributed by atoms with E-state index >= 15 is 0 Å². The molecule has 29 heavy (non-hydrogen) atoms. The Morgan fingerprint density at radius 2 is 1.72 bits per heavy atom. The first-order valence-corrected chi connectivity index (χ1v) is 11.5. The Morgan fingerprint density at radius 1 is 1.10 bits per heavy atom. The Morgan fingerprint density at radius 3 is 2.31 bits per heavy atom. The van der Waals surface area contributed by atoms with Crippen molar-refractivity contribution in [2.75, 3.05) is 37.2 Å². The van der Waals surface area contributed by atoms with Gasteiger partial charge >= 0.3 is 0 Å². The molecule has 8 heteroatoms. The number of rotatable bonds is 8. The van der Waals surface area contributed by atoms with Gasteiger partial charge in [0.1, 0.15) is 18.2 Å². The van der Waals surface area contributed by atoms with Gasteiger partial charge in [-0.3, -0.25) is 9.62 Å². The van der Waals surface area contributed by atoms with Crippen LogP contribution >= 0.6 is 0 Å². The molecule has 1 saturated heterocycles. The third-order valence-electron chi connectivity index (χ3n) is 5.07. The van der Waals surface area contributed by atoms with Crippen molar-refractivity contribution in [1.29, 1.82) is 0 Å². The van der Waals surface area contributed by atoms with Gasteiger partial charge in [-0.15, -0.1) is 0 Å². The second-order valence-corrected chi connectivity index (χ2v) is 9.36. The molecule has 2 aromatic rings. The second-order valence-electron chi connectivity index (χ2n) is 7.62. The van der Waals surface area contributed by atoms with E-state index in [1.54, 1.807) is 36.4 Å². The molecule has 0 saturated carbocycles. The number of piperidine rings is 1. The van der Waals surface area contributed by atoms with E-state index in [9.17, 15) is 17.9 Å². The SMILES string of the molecule is CS(=O)(=O)Nc1ccc(OCCN2CCC(O)(Cc3ccc(F)cc3)CC2)cc1. The lowest BCUT2D eigenvalue weighted by molar-refractivity contribution is -0.0226. The monoisotopic (exact) mass is 422 g/mol. The molecule has 1 fully saturated rings. The van der Waals surface area contributed by atoms with Crippen molar-refractivity contribution < 1.29 is 22.7 Å². The minimum absolute atomic E-state index is 0.267. The summed E-state index contributed by atoms with van der Waals surface area (Å²) < 4.78 is 43.6. The first kappa shape index (κ1) is 21.5. The quantitative estimate of drug-likeness (QED) is 0.684. The molecule has 1 heterocycles. The van der Waals surface area contributed by atoms with Gasteiger partial charge in [0.2, 0.25) is 10.0 Å². The Bertz CT molecular complexity index is 893. The minimum Gasteiger partial charge on any atom is -0.492 e. The number of hydrogen-bond acceptors (Lipinski definition) is 5. The van der Waals surface area contributed by atoms with Gasteiger partial charge in [0.05, 0.1) is 11.9 Å². The summed E-state index contributed by atoms with van der Waals surface area (Å²) in [6.07, 6.45) is 2.97. The molecule has 3 rings (SSSR count). The van der Waals surface area contributed by atoms with Crippen molar-refractivity contribution in [3.8, 4) is 5.75 Å². The third-order valence-corrected chi connectivity index (χ3v) is 5.67. The highest BCUT2D eigenvalue weighted by Gasteiger charge is 2.32. The van der Waals surface area contributed by atoms with Crippen LogP contribution in [-0.2, 0) is 16.4 Å². The normalized spacial score (nSPS) is 17.1. The van der Waals surface area contributed by atoms with E-state index in [1.165, 1.54) is 12.1 Å². The second kappa shape index (κ2) is 9.11. The van der Waals surface area contributed by atoms with Gasteiger partial charge in [0, 0.05) is 31.7 Å². The number of nitrogens with one attached hydrogen (secondary N) is 1. The summed E-state index contributed by atoms with van der Waals surface area (Å²) in [6, 6.07) is 13.1. The van der Waals surface area contributed by atoms with E-state index in [0.29, 0.717) is 37.3 Å². The number of ether oxygens (including phenoxy) is 1. The van der Waals surface area contributed by atoms with E-state index in [1.807, 2.05) is 0 Å². The molecule has 0 unspecified atom stereocenters. The number of benzene rings is 2. The Kier molecular flexibility index (Phi) is 6.77. The lowest BCUT2D eigenvalue weighted by Gasteiger charge is -2.38. The summed E-state index contributed by atoms with van der Waals surface area (Å²) in [4.78, 5) is 2.25. The van der Waals surface area contributed by atoms with Crippen LogP contribution in [0.2, 0.25) is 0 Å². The highest BCUT2D eigenvalue weighted by Crippen LogP contribution is 2.26. The Labute approximate surface area is 171 Å². The molecule has 0 atom stereocenters. The minimum atomic E-state index is -3.29. The fourth-order valence-corrected chi connectivity index (χ4v) is 4.04. The summed E-state index contributed by atoms with van der Waals surface area (Å²) in [5.74, 6) is 0.408. The predicted molar refractivity (Wildman–Crippen MR) is 111 cm³/mol. The molecule has 0 aromatic heterocycles. The summed E-state index contributed by atoms with van der Waals surface area (Å²) >= 11 is 0. The van der Waals surface area contributed by atoms with Crippen LogP contribution < -0.4 is 9.46 Å². The van der Waals surface area contributed by atoms with E-state index in [4.69, 9.17) is 4.74 Å². The third kappa shape index (κ3) is 6.99. The van der Waals surface area contributed by atoms with E-state index in [-0.39, 0.29) is 5.82 Å². The predicted octanol–water partition coefficient (Wildman–Crippen LogP) is 2.65. The number of hydrogen-bond donors (Lipinski definition) is 2. The zero-order chi connectivity index (χ0) is 20.9. The van der Waals surface area contributed by atoms with Crippen LogP contribution in [0.25, 0.3) is 0 Å². The van der Waals surface area contributed by atoms with Crippen LogP contribution in [0.15, 0.2) is 48.5 Å². The lowest BCUT2D eigenvalue weighted by atomic mass is 9.85. The molecule has 0 bridgehead atoms. The molecule has 6 nitrogen and oxygen atoms in total.